The molecule has 1 aromatic carbocycles. The molecule has 0 saturated heterocycles. The van der Waals surface area contributed by atoms with Crippen LogP contribution in [0, 0.1) is 0 Å². The molecule has 0 aliphatic carbocycles. The Morgan fingerprint density at radius 2 is 1.73 bits per heavy atom. The van der Waals surface area contributed by atoms with Crippen molar-refractivity contribution in [1.82, 2.24) is 9.21 Å². The summed E-state index contributed by atoms with van der Waals surface area (Å²) in [6, 6.07) is 6.79. The first-order valence-corrected chi connectivity index (χ1v) is 10.1. The van der Waals surface area contributed by atoms with Gasteiger partial charge in [-0.15, -0.1) is 0 Å². The molecule has 0 amide bonds. The van der Waals surface area contributed by atoms with Crippen molar-refractivity contribution in [3.8, 4) is 0 Å². The Labute approximate surface area is 161 Å². The molecular formula is C18H27ClN2O4S. The zero-order chi connectivity index (χ0) is 20.0. The van der Waals surface area contributed by atoms with Crippen molar-refractivity contribution >= 4 is 33.7 Å². The highest BCUT2D eigenvalue weighted by Crippen LogP contribution is 2.14. The topological polar surface area (TPSA) is 66.9 Å². The normalized spacial score (nSPS) is 12.9. The third kappa shape index (κ3) is 8.80. The Kier molecular flexibility index (Phi) is 8.27. The molecule has 0 saturated carbocycles. The standard InChI is InChI=1S/C18H27ClN2O4S/c1-18(2,3)25-17(22)14-21(12-11-20(4)5)26(23,24)13-10-15-6-8-16(19)9-7-15/h6-10,13H,11-12,14H2,1-5H3/b13-10+. The fraction of sp³-hybridized carbons (Fsp3) is 0.500. The van der Waals surface area contributed by atoms with E-state index in [0.29, 0.717) is 17.1 Å². The maximum atomic E-state index is 12.7. The summed E-state index contributed by atoms with van der Waals surface area (Å²) in [7, 11) is -0.114. The molecule has 0 aliphatic rings. The van der Waals surface area contributed by atoms with Gasteiger partial charge in [-0.2, -0.15) is 4.31 Å². The summed E-state index contributed by atoms with van der Waals surface area (Å²) >= 11 is 5.83. The minimum Gasteiger partial charge on any atom is -0.459 e. The molecule has 0 unspecified atom stereocenters. The number of ether oxygens (including phenoxy) is 1. The number of carbonyl (C=O) groups excluding carboxylic acids is 1. The van der Waals surface area contributed by atoms with Crippen LogP contribution in [0.4, 0.5) is 0 Å². The van der Waals surface area contributed by atoms with Crippen molar-refractivity contribution in [1.29, 1.82) is 0 Å². The number of halogens is 1. The Morgan fingerprint density at radius 1 is 1.15 bits per heavy atom. The summed E-state index contributed by atoms with van der Waals surface area (Å²) in [5.74, 6) is -0.584. The fourth-order valence-electron chi connectivity index (χ4n) is 1.95. The Morgan fingerprint density at radius 3 is 2.23 bits per heavy atom. The molecule has 0 spiro atoms. The number of esters is 1. The van der Waals surface area contributed by atoms with Gasteiger partial charge in [0.2, 0.25) is 10.0 Å². The number of carbonyl (C=O) groups is 1. The van der Waals surface area contributed by atoms with E-state index < -0.39 is 21.6 Å². The van der Waals surface area contributed by atoms with Gasteiger partial charge in [0.05, 0.1) is 0 Å². The second kappa shape index (κ2) is 9.50. The highest BCUT2D eigenvalue weighted by atomic mass is 35.5. The Hall–Kier alpha value is -1.41. The largest absolute Gasteiger partial charge is 0.459 e. The Bertz CT molecular complexity index is 723. The molecule has 1 aromatic rings. The quantitative estimate of drug-likeness (QED) is 0.625. The number of sulfonamides is 1. The molecule has 1 rings (SSSR count). The number of hydrogen-bond donors (Lipinski definition) is 0. The van der Waals surface area contributed by atoms with Crippen LogP contribution in [-0.2, 0) is 19.6 Å². The van der Waals surface area contributed by atoms with Crippen LogP contribution < -0.4 is 0 Å². The lowest BCUT2D eigenvalue weighted by molar-refractivity contribution is -0.154. The zero-order valence-electron chi connectivity index (χ0n) is 15.9. The smallest absolute Gasteiger partial charge is 0.321 e. The highest BCUT2D eigenvalue weighted by Gasteiger charge is 2.25. The molecular weight excluding hydrogens is 376 g/mol. The molecule has 0 heterocycles. The van der Waals surface area contributed by atoms with Crippen LogP contribution in [0.15, 0.2) is 29.7 Å². The minimum atomic E-state index is -3.78. The molecule has 0 aliphatic heterocycles. The molecule has 26 heavy (non-hydrogen) atoms. The molecule has 0 fully saturated rings. The lowest BCUT2D eigenvalue weighted by Crippen LogP contribution is -2.41. The van der Waals surface area contributed by atoms with Gasteiger partial charge in [-0.3, -0.25) is 4.79 Å². The van der Waals surface area contributed by atoms with E-state index in [4.69, 9.17) is 16.3 Å². The van der Waals surface area contributed by atoms with E-state index in [9.17, 15) is 13.2 Å². The third-order valence-electron chi connectivity index (χ3n) is 3.18. The first-order chi connectivity index (χ1) is 11.9. The van der Waals surface area contributed by atoms with Crippen molar-refractivity contribution in [3.63, 3.8) is 0 Å². The van der Waals surface area contributed by atoms with Crippen LogP contribution in [-0.4, -0.2) is 62.9 Å². The summed E-state index contributed by atoms with van der Waals surface area (Å²) in [5.41, 5.74) is 0.0236. The van der Waals surface area contributed by atoms with Gasteiger partial charge in [0, 0.05) is 23.5 Å². The third-order valence-corrected chi connectivity index (χ3v) is 4.95. The van der Waals surface area contributed by atoms with Crippen molar-refractivity contribution in [2.75, 3.05) is 33.7 Å². The molecule has 0 bridgehead atoms. The molecule has 146 valence electrons. The highest BCUT2D eigenvalue weighted by molar-refractivity contribution is 7.92. The summed E-state index contributed by atoms with van der Waals surface area (Å²) < 4.78 is 31.7. The van der Waals surface area contributed by atoms with Crippen LogP contribution >= 0.6 is 11.6 Å². The number of likely N-dealkylation sites (N-methyl/N-ethyl adjacent to an activating group) is 1. The second-order valence-corrected chi connectivity index (χ2v) is 9.38. The number of benzene rings is 1. The molecule has 0 atom stereocenters. The summed E-state index contributed by atoms with van der Waals surface area (Å²) in [4.78, 5) is 13.9. The first-order valence-electron chi connectivity index (χ1n) is 8.19. The second-order valence-electron chi connectivity index (χ2n) is 7.12. The maximum absolute atomic E-state index is 12.7. The number of nitrogens with zero attached hydrogens (tertiary/aromatic N) is 2. The average Bonchev–Trinajstić information content (AvgIpc) is 2.48. The van der Waals surface area contributed by atoms with Gasteiger partial charge in [-0.25, -0.2) is 8.42 Å². The van der Waals surface area contributed by atoms with E-state index in [0.717, 1.165) is 9.71 Å². The average molecular weight is 403 g/mol. The molecule has 0 N–H and O–H groups in total. The van der Waals surface area contributed by atoms with E-state index in [2.05, 4.69) is 0 Å². The summed E-state index contributed by atoms with van der Waals surface area (Å²) in [6.07, 6.45) is 1.48. The van der Waals surface area contributed by atoms with Crippen LogP contribution in [0.1, 0.15) is 26.3 Å². The Balaban J connectivity index is 2.94. The van der Waals surface area contributed by atoms with Crippen molar-refractivity contribution in [2.45, 2.75) is 26.4 Å². The van der Waals surface area contributed by atoms with E-state index in [1.54, 1.807) is 45.0 Å². The lowest BCUT2D eigenvalue weighted by Gasteiger charge is -2.24. The van der Waals surface area contributed by atoms with Crippen LogP contribution in [0.25, 0.3) is 6.08 Å². The molecule has 8 heteroatoms. The van der Waals surface area contributed by atoms with Gasteiger partial charge in [0.1, 0.15) is 12.1 Å². The van der Waals surface area contributed by atoms with Crippen molar-refractivity contribution < 1.29 is 17.9 Å². The van der Waals surface area contributed by atoms with Crippen LogP contribution in [0.3, 0.4) is 0 Å². The zero-order valence-corrected chi connectivity index (χ0v) is 17.5. The van der Waals surface area contributed by atoms with Gasteiger partial charge < -0.3 is 9.64 Å². The molecule has 0 aromatic heterocycles. The van der Waals surface area contributed by atoms with E-state index >= 15 is 0 Å². The summed E-state index contributed by atoms with van der Waals surface area (Å²) in [5, 5.41) is 1.67. The van der Waals surface area contributed by atoms with Crippen LogP contribution in [0.2, 0.25) is 5.02 Å². The fourth-order valence-corrected chi connectivity index (χ4v) is 3.20. The monoisotopic (exact) mass is 402 g/mol. The minimum absolute atomic E-state index is 0.180. The SMILES string of the molecule is CN(C)CCN(CC(=O)OC(C)(C)C)S(=O)(=O)/C=C/c1ccc(Cl)cc1. The predicted molar refractivity (Wildman–Crippen MR) is 105 cm³/mol. The van der Waals surface area contributed by atoms with Crippen LogP contribution in [0.5, 0.6) is 0 Å². The van der Waals surface area contributed by atoms with Crippen molar-refractivity contribution in [3.05, 3.63) is 40.3 Å². The van der Waals surface area contributed by atoms with E-state index in [-0.39, 0.29) is 13.1 Å². The number of hydrogen-bond acceptors (Lipinski definition) is 5. The van der Waals surface area contributed by atoms with Gasteiger partial charge >= 0.3 is 5.97 Å². The number of rotatable bonds is 8. The van der Waals surface area contributed by atoms with Gasteiger partial charge in [-0.05, 0) is 58.6 Å². The summed E-state index contributed by atoms with van der Waals surface area (Å²) in [6.45, 7) is 5.55. The lowest BCUT2D eigenvalue weighted by atomic mass is 10.2. The van der Waals surface area contributed by atoms with Crippen molar-refractivity contribution in [2.24, 2.45) is 0 Å². The van der Waals surface area contributed by atoms with E-state index in [1.165, 1.54) is 6.08 Å². The maximum Gasteiger partial charge on any atom is 0.321 e. The van der Waals surface area contributed by atoms with Gasteiger partial charge in [0.25, 0.3) is 0 Å². The molecule has 6 nitrogen and oxygen atoms in total. The predicted octanol–water partition coefficient (Wildman–Crippen LogP) is 2.85. The molecule has 0 radical (unpaired) electrons. The van der Waals surface area contributed by atoms with Gasteiger partial charge in [0.15, 0.2) is 0 Å². The van der Waals surface area contributed by atoms with E-state index in [1.807, 2.05) is 19.0 Å². The van der Waals surface area contributed by atoms with Gasteiger partial charge in [-0.1, -0.05) is 23.7 Å². The first kappa shape index (κ1) is 22.6.